The monoisotopic (exact) mass is 755 g/mol. The summed E-state index contributed by atoms with van der Waals surface area (Å²) in [5, 5.41) is 16.2. The second-order valence-electron chi connectivity index (χ2n) is 15.1. The summed E-state index contributed by atoms with van der Waals surface area (Å²) in [6, 6.07) is 62.5. The first-order chi connectivity index (χ1) is 28.7. The first-order valence-electron chi connectivity index (χ1n) is 19.5. The van der Waals surface area contributed by atoms with E-state index < -0.39 is 0 Å². The van der Waals surface area contributed by atoms with Gasteiger partial charge in [-0.05, 0) is 90.9 Å². The zero-order valence-electron chi connectivity index (χ0n) is 30.9. The Labute approximate surface area is 335 Å². The van der Waals surface area contributed by atoms with E-state index in [1.807, 2.05) is 29.5 Å². The third-order valence-electron chi connectivity index (χ3n) is 11.8. The number of fused-ring (bicyclic) bond motifs is 16. The standard InChI is InChI=1S/C53H29N3OS/c1-2-13-31(14-3-1)51-54-52(34-23-24-45-42(27-34)47-35-17-7-6-12-30(35)22-25-46(47)58-45)56-53(55-51)43-29-40-38-20-9-8-18-36(38)37-19-10-11-21-39(37)48(40)50-49(43)41-26-32-15-4-5-16-33(32)28-44(41)57-50/h1-29H. The minimum atomic E-state index is 0.601. The Kier molecular flexibility index (Phi) is 6.57. The average Bonchev–Trinajstić information content (AvgIpc) is 3.86. The molecule has 0 bridgehead atoms. The van der Waals surface area contributed by atoms with Crippen molar-refractivity contribution in [1.82, 2.24) is 15.0 Å². The zero-order chi connectivity index (χ0) is 37.9. The van der Waals surface area contributed by atoms with Crippen LogP contribution >= 0.6 is 11.3 Å². The van der Waals surface area contributed by atoms with Gasteiger partial charge >= 0.3 is 0 Å². The molecule has 0 fully saturated rings. The Morgan fingerprint density at radius 1 is 0.345 bits per heavy atom. The van der Waals surface area contributed by atoms with Crippen LogP contribution in [0.25, 0.3) is 130 Å². The molecular weight excluding hydrogens is 727 g/mol. The number of furan rings is 1. The fourth-order valence-electron chi connectivity index (χ4n) is 9.21. The van der Waals surface area contributed by atoms with Gasteiger partial charge in [0.15, 0.2) is 17.5 Å². The molecule has 0 aliphatic carbocycles. The average molecular weight is 756 g/mol. The van der Waals surface area contributed by atoms with Gasteiger partial charge in [-0.3, -0.25) is 0 Å². The molecule has 0 saturated carbocycles. The topological polar surface area (TPSA) is 51.8 Å². The van der Waals surface area contributed by atoms with E-state index in [0.717, 1.165) is 70.9 Å². The third kappa shape index (κ3) is 4.59. The van der Waals surface area contributed by atoms with Crippen molar-refractivity contribution in [3.05, 3.63) is 176 Å². The van der Waals surface area contributed by atoms with Crippen LogP contribution in [-0.2, 0) is 0 Å². The van der Waals surface area contributed by atoms with Crippen LogP contribution in [0, 0.1) is 0 Å². The van der Waals surface area contributed by atoms with Gasteiger partial charge in [0.2, 0.25) is 0 Å². The molecule has 5 heteroatoms. The molecule has 0 aliphatic heterocycles. The van der Waals surface area contributed by atoms with E-state index in [1.165, 1.54) is 41.7 Å². The van der Waals surface area contributed by atoms with Gasteiger partial charge in [-0.15, -0.1) is 11.3 Å². The molecule has 268 valence electrons. The summed E-state index contributed by atoms with van der Waals surface area (Å²) in [6.07, 6.45) is 0. The molecule has 3 heterocycles. The summed E-state index contributed by atoms with van der Waals surface area (Å²) >= 11 is 1.82. The van der Waals surface area contributed by atoms with Gasteiger partial charge < -0.3 is 4.42 Å². The zero-order valence-corrected chi connectivity index (χ0v) is 31.7. The number of hydrogen-bond donors (Lipinski definition) is 0. The highest BCUT2D eigenvalue weighted by atomic mass is 32.1. The summed E-state index contributed by atoms with van der Waals surface area (Å²) in [5.74, 6) is 1.85. The molecule has 0 radical (unpaired) electrons. The van der Waals surface area contributed by atoms with Gasteiger partial charge in [-0.25, -0.2) is 15.0 Å². The molecule has 0 aliphatic rings. The van der Waals surface area contributed by atoms with Crippen molar-refractivity contribution >= 4 is 107 Å². The molecule has 0 N–H and O–H groups in total. The van der Waals surface area contributed by atoms with E-state index in [1.54, 1.807) is 0 Å². The van der Waals surface area contributed by atoms with E-state index in [4.69, 9.17) is 19.4 Å². The highest BCUT2D eigenvalue weighted by molar-refractivity contribution is 7.26. The van der Waals surface area contributed by atoms with E-state index in [9.17, 15) is 0 Å². The van der Waals surface area contributed by atoms with Crippen molar-refractivity contribution in [2.24, 2.45) is 0 Å². The highest BCUT2D eigenvalue weighted by Gasteiger charge is 2.24. The highest BCUT2D eigenvalue weighted by Crippen LogP contribution is 2.47. The van der Waals surface area contributed by atoms with Crippen LogP contribution in [0.3, 0.4) is 0 Å². The maximum Gasteiger partial charge on any atom is 0.164 e. The van der Waals surface area contributed by atoms with Gasteiger partial charge in [-0.2, -0.15) is 0 Å². The lowest BCUT2D eigenvalue weighted by atomic mass is 9.90. The molecule has 4 nitrogen and oxygen atoms in total. The van der Waals surface area contributed by atoms with E-state index >= 15 is 0 Å². The number of benzene rings is 10. The summed E-state index contributed by atoms with van der Waals surface area (Å²) in [5.41, 5.74) is 4.45. The summed E-state index contributed by atoms with van der Waals surface area (Å²) in [6.45, 7) is 0. The molecule has 13 aromatic rings. The molecule has 0 unspecified atom stereocenters. The van der Waals surface area contributed by atoms with Crippen LogP contribution in [0.2, 0.25) is 0 Å². The molecular formula is C53H29N3OS. The van der Waals surface area contributed by atoms with Crippen molar-refractivity contribution in [1.29, 1.82) is 0 Å². The van der Waals surface area contributed by atoms with Gasteiger partial charge in [0.05, 0.1) is 0 Å². The van der Waals surface area contributed by atoms with E-state index in [0.29, 0.717) is 17.5 Å². The van der Waals surface area contributed by atoms with Gasteiger partial charge in [0.25, 0.3) is 0 Å². The Balaban J connectivity index is 1.17. The van der Waals surface area contributed by atoms with Crippen molar-refractivity contribution in [2.45, 2.75) is 0 Å². The van der Waals surface area contributed by atoms with Crippen molar-refractivity contribution in [2.75, 3.05) is 0 Å². The van der Waals surface area contributed by atoms with Crippen LogP contribution in [-0.4, -0.2) is 15.0 Å². The number of aromatic nitrogens is 3. The van der Waals surface area contributed by atoms with Gasteiger partial charge in [-0.1, -0.05) is 133 Å². The fraction of sp³-hybridized carbons (Fsp3) is 0. The molecule has 10 aromatic carbocycles. The Bertz CT molecular complexity index is 3860. The second kappa shape index (κ2) is 12.0. The van der Waals surface area contributed by atoms with Crippen molar-refractivity contribution in [3.63, 3.8) is 0 Å². The number of hydrogen-bond acceptors (Lipinski definition) is 5. The van der Waals surface area contributed by atoms with Crippen LogP contribution < -0.4 is 0 Å². The fourth-order valence-corrected chi connectivity index (χ4v) is 10.3. The lowest BCUT2D eigenvalue weighted by Crippen LogP contribution is -2.00. The molecule has 0 amide bonds. The SMILES string of the molecule is c1ccc(-c2nc(-c3ccc4sc5ccc6ccccc6c5c4c3)nc(-c3cc4c5ccccc5c5ccccc5c4c4oc5cc6ccccc6cc5c34)n2)cc1. The second-order valence-corrected chi connectivity index (χ2v) is 16.2. The molecule has 0 saturated heterocycles. The van der Waals surface area contributed by atoms with Crippen LogP contribution in [0.4, 0.5) is 0 Å². The molecule has 58 heavy (non-hydrogen) atoms. The Morgan fingerprint density at radius 3 is 1.74 bits per heavy atom. The quantitative estimate of drug-likeness (QED) is 0.169. The van der Waals surface area contributed by atoms with Crippen LogP contribution in [0.1, 0.15) is 0 Å². The molecule has 0 spiro atoms. The Morgan fingerprint density at radius 2 is 0.948 bits per heavy atom. The van der Waals surface area contributed by atoms with Crippen molar-refractivity contribution in [3.8, 4) is 34.2 Å². The lowest BCUT2D eigenvalue weighted by Gasteiger charge is -2.14. The minimum Gasteiger partial charge on any atom is -0.455 e. The predicted molar refractivity (Wildman–Crippen MR) is 244 cm³/mol. The number of nitrogens with zero attached hydrogens (tertiary/aromatic N) is 3. The Hall–Kier alpha value is -7.47. The molecule has 13 rings (SSSR count). The van der Waals surface area contributed by atoms with E-state index in [-0.39, 0.29) is 0 Å². The third-order valence-corrected chi connectivity index (χ3v) is 13.0. The van der Waals surface area contributed by atoms with Gasteiger partial charge in [0.1, 0.15) is 11.2 Å². The van der Waals surface area contributed by atoms with Crippen LogP contribution in [0.5, 0.6) is 0 Å². The van der Waals surface area contributed by atoms with Gasteiger partial charge in [0, 0.05) is 53.0 Å². The largest absolute Gasteiger partial charge is 0.455 e. The first-order valence-corrected chi connectivity index (χ1v) is 20.3. The maximum absolute atomic E-state index is 7.07. The summed E-state index contributed by atoms with van der Waals surface area (Å²) in [7, 11) is 0. The number of rotatable bonds is 3. The minimum absolute atomic E-state index is 0.601. The van der Waals surface area contributed by atoms with Crippen LogP contribution in [0.15, 0.2) is 180 Å². The van der Waals surface area contributed by atoms with Crippen molar-refractivity contribution < 1.29 is 4.42 Å². The normalized spacial score (nSPS) is 12.1. The maximum atomic E-state index is 7.07. The molecule has 3 aromatic heterocycles. The summed E-state index contributed by atoms with van der Waals surface area (Å²) < 4.78 is 9.57. The smallest absolute Gasteiger partial charge is 0.164 e. The predicted octanol–water partition coefficient (Wildman–Crippen LogP) is 14.9. The summed E-state index contributed by atoms with van der Waals surface area (Å²) in [4.78, 5) is 16.0. The lowest BCUT2D eigenvalue weighted by molar-refractivity contribution is 0.673. The molecule has 0 atom stereocenters. The van der Waals surface area contributed by atoms with E-state index in [2.05, 4.69) is 158 Å². The first kappa shape index (κ1) is 31.7. The number of thiophene rings is 1.